The Morgan fingerprint density at radius 3 is 2.85 bits per heavy atom. The largest absolute Gasteiger partial charge is 0.482 e. The van der Waals surface area contributed by atoms with Crippen LogP contribution in [0.1, 0.15) is 39.2 Å². The van der Waals surface area contributed by atoms with Gasteiger partial charge in [-0.3, -0.25) is 0 Å². The van der Waals surface area contributed by atoms with Crippen LogP contribution >= 0.6 is 0 Å². The number of dihydropyridines is 1. The van der Waals surface area contributed by atoms with E-state index in [4.69, 9.17) is 19.6 Å². The Kier molecular flexibility index (Phi) is 6.27. The van der Waals surface area contributed by atoms with Crippen LogP contribution in [0.4, 0.5) is 0 Å². The molecule has 2 aliphatic heterocycles. The lowest BCUT2D eigenvalue weighted by molar-refractivity contribution is -0.174. The average Bonchev–Trinajstić information content (AvgIpc) is 3.14. The zero-order valence-electron chi connectivity index (χ0n) is 19.6. The Morgan fingerprint density at radius 1 is 1.35 bits per heavy atom. The number of allylic oxidation sites excluding steroid dienone is 2. The van der Waals surface area contributed by atoms with Crippen LogP contribution in [0.15, 0.2) is 68.7 Å². The lowest BCUT2D eigenvalue weighted by Crippen LogP contribution is -2.56. The predicted molar refractivity (Wildman–Crippen MR) is 128 cm³/mol. The molecular formula is C26H30N2O6. The topological polar surface area (TPSA) is 124 Å². The van der Waals surface area contributed by atoms with Crippen molar-refractivity contribution in [3.8, 4) is 5.75 Å². The predicted octanol–water partition coefficient (Wildman–Crippen LogP) is 2.84. The van der Waals surface area contributed by atoms with E-state index in [0.717, 1.165) is 16.5 Å². The molecule has 2 aliphatic rings. The second-order valence-electron chi connectivity index (χ2n) is 9.15. The fourth-order valence-corrected chi connectivity index (χ4v) is 4.52. The number of nitrogens with one attached hydrogen (secondary N) is 1. The summed E-state index contributed by atoms with van der Waals surface area (Å²) in [5.74, 6) is 0.648. The van der Waals surface area contributed by atoms with Gasteiger partial charge in [0.1, 0.15) is 16.9 Å². The molecule has 8 nitrogen and oxygen atoms in total. The number of fused-ring (bicyclic) bond motifs is 2. The molecule has 0 radical (unpaired) electrons. The van der Waals surface area contributed by atoms with Crippen molar-refractivity contribution in [2.45, 2.75) is 51.2 Å². The third kappa shape index (κ3) is 4.46. The van der Waals surface area contributed by atoms with Crippen molar-refractivity contribution < 1.29 is 23.8 Å². The van der Waals surface area contributed by atoms with Gasteiger partial charge >= 0.3 is 11.6 Å². The minimum Gasteiger partial charge on any atom is -0.482 e. The molecule has 1 aromatic heterocycles. The number of nitrogens with two attached hydrogens (primary N) is 1. The number of carbonyl (C=O) groups excluding carboxylic acids is 1. The highest BCUT2D eigenvalue weighted by atomic mass is 16.6. The average molecular weight is 467 g/mol. The maximum absolute atomic E-state index is 13.0. The summed E-state index contributed by atoms with van der Waals surface area (Å²) in [6, 6.07) is 6.77. The highest BCUT2D eigenvalue weighted by Crippen LogP contribution is 2.47. The number of carbonyl (C=O) groups is 1. The molecule has 4 rings (SSSR count). The number of aliphatic hydroxyl groups is 1. The monoisotopic (exact) mass is 466 g/mol. The van der Waals surface area contributed by atoms with E-state index in [1.165, 1.54) is 6.07 Å². The van der Waals surface area contributed by atoms with Crippen molar-refractivity contribution in [3.63, 3.8) is 0 Å². The smallest absolute Gasteiger partial charge is 0.336 e. The summed E-state index contributed by atoms with van der Waals surface area (Å²) in [4.78, 5) is 24.7. The van der Waals surface area contributed by atoms with Crippen molar-refractivity contribution in [1.82, 2.24) is 5.32 Å². The van der Waals surface area contributed by atoms with Crippen LogP contribution in [0, 0.1) is 0 Å². The van der Waals surface area contributed by atoms with Gasteiger partial charge in [0, 0.05) is 55.5 Å². The van der Waals surface area contributed by atoms with Gasteiger partial charge in [-0.2, -0.15) is 0 Å². The molecule has 1 unspecified atom stereocenters. The van der Waals surface area contributed by atoms with E-state index in [2.05, 4.69) is 5.32 Å². The fraction of sp³-hybridized carbons (Fsp3) is 0.385. The van der Waals surface area contributed by atoms with Crippen LogP contribution in [0.5, 0.6) is 5.75 Å². The molecule has 1 aromatic carbocycles. The summed E-state index contributed by atoms with van der Waals surface area (Å²) in [5, 5.41) is 13.2. The molecule has 180 valence electrons. The van der Waals surface area contributed by atoms with Gasteiger partial charge in [-0.05, 0) is 50.1 Å². The van der Waals surface area contributed by atoms with Crippen LogP contribution in [0.25, 0.3) is 11.0 Å². The first kappa shape index (κ1) is 23.6. The van der Waals surface area contributed by atoms with Crippen molar-refractivity contribution >= 4 is 16.9 Å². The number of aliphatic hydroxyl groups excluding tert-OH is 1. The van der Waals surface area contributed by atoms with Gasteiger partial charge in [-0.25, -0.2) is 9.59 Å². The molecule has 2 aromatic rings. The number of benzene rings is 1. The molecule has 1 atom stereocenters. The van der Waals surface area contributed by atoms with Crippen LogP contribution in [-0.4, -0.2) is 35.4 Å². The molecule has 34 heavy (non-hydrogen) atoms. The van der Waals surface area contributed by atoms with Crippen molar-refractivity contribution in [1.29, 1.82) is 0 Å². The van der Waals surface area contributed by atoms with E-state index in [-0.39, 0.29) is 13.0 Å². The van der Waals surface area contributed by atoms with Gasteiger partial charge < -0.3 is 30.0 Å². The van der Waals surface area contributed by atoms with Crippen LogP contribution in [0.3, 0.4) is 0 Å². The minimum absolute atomic E-state index is 0.149. The highest BCUT2D eigenvalue weighted by Gasteiger charge is 2.54. The molecule has 0 aliphatic carbocycles. The van der Waals surface area contributed by atoms with E-state index >= 15 is 0 Å². The lowest BCUT2D eigenvalue weighted by Gasteiger charge is -2.43. The normalized spacial score (nSPS) is 20.2. The van der Waals surface area contributed by atoms with Gasteiger partial charge in [-0.1, -0.05) is 12.2 Å². The summed E-state index contributed by atoms with van der Waals surface area (Å²) in [6.45, 7) is 5.85. The SMILES string of the molecule is CC=C(CCO)C(=O)OC(C)(C)C1(CC2=CCNC(N)=C2)Cc2cc3ccc(=O)oc3cc2O1. The first-order valence-corrected chi connectivity index (χ1v) is 11.3. The minimum atomic E-state index is -1.06. The van der Waals surface area contributed by atoms with Gasteiger partial charge in [0.15, 0.2) is 5.60 Å². The second-order valence-corrected chi connectivity index (χ2v) is 9.15. The summed E-state index contributed by atoms with van der Waals surface area (Å²) in [5.41, 5.74) is 6.28. The molecule has 0 bridgehead atoms. The molecule has 3 heterocycles. The van der Waals surface area contributed by atoms with Gasteiger partial charge in [-0.15, -0.1) is 0 Å². The Bertz CT molecular complexity index is 1270. The highest BCUT2D eigenvalue weighted by molar-refractivity contribution is 5.88. The molecule has 0 fully saturated rings. The zero-order chi connectivity index (χ0) is 24.5. The number of hydrogen-bond acceptors (Lipinski definition) is 8. The van der Waals surface area contributed by atoms with Crippen LogP contribution < -0.4 is 21.4 Å². The van der Waals surface area contributed by atoms with Crippen molar-refractivity contribution in [3.05, 3.63) is 75.4 Å². The van der Waals surface area contributed by atoms with Crippen molar-refractivity contribution in [2.24, 2.45) is 5.73 Å². The molecular weight excluding hydrogens is 436 g/mol. The quantitative estimate of drug-likeness (QED) is 0.323. The fourth-order valence-electron chi connectivity index (χ4n) is 4.52. The number of rotatable bonds is 7. The molecule has 4 N–H and O–H groups in total. The molecule has 0 amide bonds. The second kappa shape index (κ2) is 9.02. The van der Waals surface area contributed by atoms with E-state index in [0.29, 0.717) is 42.1 Å². The van der Waals surface area contributed by atoms with E-state index in [1.54, 1.807) is 25.1 Å². The first-order valence-electron chi connectivity index (χ1n) is 11.3. The lowest BCUT2D eigenvalue weighted by atomic mass is 9.76. The summed E-state index contributed by atoms with van der Waals surface area (Å²) in [7, 11) is 0. The molecule has 0 spiro atoms. The number of esters is 1. The molecule has 0 saturated carbocycles. The third-order valence-corrected chi connectivity index (χ3v) is 6.52. The molecule has 0 saturated heterocycles. The maximum atomic E-state index is 13.0. The number of hydrogen-bond donors (Lipinski definition) is 3. The zero-order valence-corrected chi connectivity index (χ0v) is 19.6. The van der Waals surface area contributed by atoms with Crippen LogP contribution in [0.2, 0.25) is 0 Å². The third-order valence-electron chi connectivity index (χ3n) is 6.52. The molecule has 8 heteroatoms. The van der Waals surface area contributed by atoms with Gasteiger partial charge in [0.05, 0.1) is 5.82 Å². The Morgan fingerprint density at radius 2 is 2.15 bits per heavy atom. The van der Waals surface area contributed by atoms with Gasteiger partial charge in [0.25, 0.3) is 0 Å². The summed E-state index contributed by atoms with van der Waals surface area (Å²) < 4.78 is 18.0. The van der Waals surface area contributed by atoms with E-state index < -0.39 is 22.8 Å². The van der Waals surface area contributed by atoms with Crippen LogP contribution in [-0.2, 0) is 16.0 Å². The Labute approximate surface area is 197 Å². The van der Waals surface area contributed by atoms with Crippen molar-refractivity contribution in [2.75, 3.05) is 13.2 Å². The Hall–Kier alpha value is -3.52. The van der Waals surface area contributed by atoms with Gasteiger partial charge in [0.2, 0.25) is 0 Å². The standard InChI is InChI=1S/C26H30N2O6/c1-4-17(8-10-29)24(31)34-25(2,3)26(14-16-7-9-28-22(27)11-16)15-19-12-18-5-6-23(30)32-20(18)13-21(19)33-26/h4-7,11-13,28-29H,8-10,14-15,27H2,1-3H3. The van der Waals surface area contributed by atoms with E-state index in [1.807, 2.05) is 32.1 Å². The first-order chi connectivity index (χ1) is 16.2. The van der Waals surface area contributed by atoms with E-state index in [9.17, 15) is 14.7 Å². The Balaban J connectivity index is 1.74. The summed E-state index contributed by atoms with van der Waals surface area (Å²) in [6.07, 6.45) is 6.66. The summed E-state index contributed by atoms with van der Waals surface area (Å²) >= 11 is 0. The number of ether oxygens (including phenoxy) is 2. The maximum Gasteiger partial charge on any atom is 0.336 e.